The number of carbonyl (C=O) groups excluding carboxylic acids is 1. The van der Waals surface area contributed by atoms with Crippen LogP contribution < -0.4 is 0 Å². The lowest BCUT2D eigenvalue weighted by molar-refractivity contribution is -0.385. The van der Waals surface area contributed by atoms with Gasteiger partial charge in [-0.2, -0.15) is 0 Å². The van der Waals surface area contributed by atoms with Gasteiger partial charge in [0.15, 0.2) is 5.78 Å². The minimum Gasteiger partial charge on any atom is -0.388 e. The molecule has 1 unspecified atom stereocenters. The largest absolute Gasteiger partial charge is 0.388 e. The number of allylic oxidation sites excluding steroid dienone is 1. The van der Waals surface area contributed by atoms with E-state index in [1.54, 1.807) is 0 Å². The van der Waals surface area contributed by atoms with Crippen molar-refractivity contribution in [2.75, 3.05) is 0 Å². The molecule has 0 aliphatic carbocycles. The van der Waals surface area contributed by atoms with Crippen LogP contribution in [0.25, 0.3) is 6.08 Å². The first-order chi connectivity index (χ1) is 11.9. The number of hydrogen-bond donors (Lipinski definition) is 1. The molecule has 0 radical (unpaired) electrons. The van der Waals surface area contributed by atoms with E-state index >= 15 is 0 Å². The topological polar surface area (TPSA) is 124 Å². The average molecular weight is 342 g/mol. The summed E-state index contributed by atoms with van der Waals surface area (Å²) in [4.78, 5) is 32.0. The quantitative estimate of drug-likeness (QED) is 0.468. The molecule has 0 saturated heterocycles. The molecule has 2 rings (SSSR count). The summed E-state index contributed by atoms with van der Waals surface area (Å²) in [6, 6.07) is 11.0. The van der Waals surface area contributed by atoms with Crippen molar-refractivity contribution in [1.82, 2.24) is 0 Å². The normalized spacial score (nSPS) is 12.0. The molecule has 0 saturated carbocycles. The molecule has 8 nitrogen and oxygen atoms in total. The average Bonchev–Trinajstić information content (AvgIpc) is 2.60. The molecule has 8 heteroatoms. The summed E-state index contributed by atoms with van der Waals surface area (Å²) in [7, 11) is 0. The summed E-state index contributed by atoms with van der Waals surface area (Å²) in [5, 5.41) is 31.2. The third-order valence-electron chi connectivity index (χ3n) is 3.45. The van der Waals surface area contributed by atoms with Gasteiger partial charge in [-0.3, -0.25) is 25.0 Å². The van der Waals surface area contributed by atoms with Crippen molar-refractivity contribution >= 4 is 23.2 Å². The molecule has 0 aromatic heterocycles. The van der Waals surface area contributed by atoms with Crippen LogP contribution in [0.2, 0.25) is 0 Å². The van der Waals surface area contributed by atoms with E-state index in [1.807, 2.05) is 0 Å². The lowest BCUT2D eigenvalue weighted by atomic mass is 10.0. The van der Waals surface area contributed by atoms with Crippen molar-refractivity contribution in [2.24, 2.45) is 0 Å². The van der Waals surface area contributed by atoms with Crippen LogP contribution in [0.3, 0.4) is 0 Å². The third-order valence-corrected chi connectivity index (χ3v) is 3.45. The zero-order chi connectivity index (χ0) is 18.4. The van der Waals surface area contributed by atoms with E-state index in [4.69, 9.17) is 0 Å². The second kappa shape index (κ2) is 7.93. The number of benzene rings is 2. The Labute approximate surface area is 142 Å². The highest BCUT2D eigenvalue weighted by molar-refractivity contribution is 5.93. The Morgan fingerprint density at radius 2 is 1.44 bits per heavy atom. The number of nitro groups is 2. The molecule has 2 aromatic carbocycles. The SMILES string of the molecule is O=C(/C=C/c1ccc([N+](=O)[O-])cc1)CC(O)c1ccc([N+](=O)[O-])cc1. The summed E-state index contributed by atoms with van der Waals surface area (Å²) in [5.74, 6) is -0.343. The molecular formula is C17H14N2O6. The minimum atomic E-state index is -1.07. The van der Waals surface area contributed by atoms with Gasteiger partial charge in [-0.05, 0) is 41.5 Å². The van der Waals surface area contributed by atoms with Gasteiger partial charge in [-0.15, -0.1) is 0 Å². The van der Waals surface area contributed by atoms with E-state index in [0.29, 0.717) is 11.1 Å². The molecule has 0 aliphatic heterocycles. The van der Waals surface area contributed by atoms with Gasteiger partial charge in [0.25, 0.3) is 11.4 Å². The molecule has 0 fully saturated rings. The highest BCUT2D eigenvalue weighted by Crippen LogP contribution is 2.21. The molecule has 0 heterocycles. The van der Waals surface area contributed by atoms with Gasteiger partial charge in [0.2, 0.25) is 0 Å². The second-order valence-corrected chi connectivity index (χ2v) is 5.22. The highest BCUT2D eigenvalue weighted by atomic mass is 16.6. The van der Waals surface area contributed by atoms with Crippen molar-refractivity contribution in [3.63, 3.8) is 0 Å². The van der Waals surface area contributed by atoms with Gasteiger partial charge in [-0.25, -0.2) is 0 Å². The molecule has 1 atom stereocenters. The number of non-ortho nitro benzene ring substituents is 2. The number of aliphatic hydroxyl groups is 1. The zero-order valence-corrected chi connectivity index (χ0v) is 12.9. The summed E-state index contributed by atoms with van der Waals surface area (Å²) < 4.78 is 0. The van der Waals surface area contributed by atoms with Crippen LogP contribution in [0.1, 0.15) is 23.7 Å². The lowest BCUT2D eigenvalue weighted by Crippen LogP contribution is -2.04. The zero-order valence-electron chi connectivity index (χ0n) is 12.9. The van der Waals surface area contributed by atoms with Gasteiger partial charge in [0.05, 0.1) is 16.0 Å². The molecular weight excluding hydrogens is 328 g/mol. The second-order valence-electron chi connectivity index (χ2n) is 5.22. The monoisotopic (exact) mass is 342 g/mol. The minimum absolute atomic E-state index is 0.0444. The van der Waals surface area contributed by atoms with Crippen molar-refractivity contribution in [3.8, 4) is 0 Å². The van der Waals surface area contributed by atoms with E-state index in [9.17, 15) is 30.1 Å². The van der Waals surface area contributed by atoms with Crippen LogP contribution >= 0.6 is 0 Å². The number of rotatable bonds is 7. The molecule has 0 spiro atoms. The maximum absolute atomic E-state index is 11.9. The van der Waals surface area contributed by atoms with Gasteiger partial charge < -0.3 is 5.11 Å². The summed E-state index contributed by atoms with van der Waals surface area (Å²) in [6.45, 7) is 0. The third kappa shape index (κ3) is 5.05. The number of carbonyl (C=O) groups is 1. The summed E-state index contributed by atoms with van der Waals surface area (Å²) >= 11 is 0. The number of hydrogen-bond acceptors (Lipinski definition) is 6. The van der Waals surface area contributed by atoms with Crippen LogP contribution in [0.4, 0.5) is 11.4 Å². The molecule has 1 N–H and O–H groups in total. The number of nitrogens with zero attached hydrogens (tertiary/aromatic N) is 2. The fourth-order valence-corrected chi connectivity index (χ4v) is 2.09. The predicted molar refractivity (Wildman–Crippen MR) is 89.8 cm³/mol. The fourth-order valence-electron chi connectivity index (χ4n) is 2.09. The number of aliphatic hydroxyl groups excluding tert-OH is 1. The Bertz CT molecular complexity index is 812. The first kappa shape index (κ1) is 18.0. The maximum Gasteiger partial charge on any atom is 0.269 e. The molecule has 25 heavy (non-hydrogen) atoms. The van der Waals surface area contributed by atoms with Crippen LogP contribution in [0.5, 0.6) is 0 Å². The smallest absolute Gasteiger partial charge is 0.269 e. The predicted octanol–water partition coefficient (Wildman–Crippen LogP) is 3.21. The number of nitro benzene ring substituents is 2. The Morgan fingerprint density at radius 3 is 1.92 bits per heavy atom. The van der Waals surface area contributed by atoms with Gasteiger partial charge >= 0.3 is 0 Å². The Hall–Kier alpha value is -3.39. The van der Waals surface area contributed by atoms with E-state index in [-0.39, 0.29) is 23.6 Å². The molecule has 128 valence electrons. The Balaban J connectivity index is 1.96. The Kier molecular flexibility index (Phi) is 5.70. The maximum atomic E-state index is 11.9. The Morgan fingerprint density at radius 1 is 0.960 bits per heavy atom. The van der Waals surface area contributed by atoms with Crippen molar-refractivity contribution < 1.29 is 19.7 Å². The van der Waals surface area contributed by atoms with E-state index in [2.05, 4.69) is 0 Å². The van der Waals surface area contributed by atoms with Crippen LogP contribution in [-0.4, -0.2) is 20.7 Å². The van der Waals surface area contributed by atoms with Crippen LogP contribution in [0, 0.1) is 20.2 Å². The standard InChI is InChI=1S/C17H14N2O6/c20-16(10-3-12-1-6-14(7-2-12)18(22)23)11-17(21)13-4-8-15(9-5-13)19(24)25/h1-10,17,21H,11H2/b10-3+. The van der Waals surface area contributed by atoms with Crippen molar-refractivity contribution in [1.29, 1.82) is 0 Å². The first-order valence-corrected chi connectivity index (χ1v) is 7.24. The van der Waals surface area contributed by atoms with Gasteiger partial charge in [0, 0.05) is 30.7 Å². The van der Waals surface area contributed by atoms with E-state index < -0.39 is 16.0 Å². The van der Waals surface area contributed by atoms with Crippen LogP contribution in [0.15, 0.2) is 54.6 Å². The molecule has 0 bridgehead atoms. The first-order valence-electron chi connectivity index (χ1n) is 7.24. The van der Waals surface area contributed by atoms with E-state index in [1.165, 1.54) is 60.7 Å². The molecule has 2 aromatic rings. The van der Waals surface area contributed by atoms with E-state index in [0.717, 1.165) is 0 Å². The van der Waals surface area contributed by atoms with Crippen LogP contribution in [-0.2, 0) is 4.79 Å². The van der Waals surface area contributed by atoms with Gasteiger partial charge in [0.1, 0.15) is 0 Å². The van der Waals surface area contributed by atoms with Crippen molar-refractivity contribution in [2.45, 2.75) is 12.5 Å². The van der Waals surface area contributed by atoms with Gasteiger partial charge in [-0.1, -0.05) is 6.08 Å². The fraction of sp³-hybridized carbons (Fsp3) is 0.118. The molecule has 0 amide bonds. The highest BCUT2D eigenvalue weighted by Gasteiger charge is 2.13. The summed E-state index contributed by atoms with van der Waals surface area (Å²) in [6.07, 6.45) is 1.51. The number of ketones is 1. The molecule has 0 aliphatic rings. The van der Waals surface area contributed by atoms with Crippen molar-refractivity contribution in [3.05, 3.63) is 86.0 Å². The summed E-state index contributed by atoms with van der Waals surface area (Å²) in [5.41, 5.74) is 0.879. The lowest BCUT2D eigenvalue weighted by Gasteiger charge is -2.08.